The first-order valence-corrected chi connectivity index (χ1v) is 8.93. The third-order valence-electron chi connectivity index (χ3n) is 4.43. The smallest absolute Gasteiger partial charge is 0.207 e. The van der Waals surface area contributed by atoms with Crippen LogP contribution in [0, 0.1) is 0 Å². The molecule has 0 amide bonds. The molecular formula is C14H15ClF3NO2S. The van der Waals surface area contributed by atoms with Crippen LogP contribution in [0.15, 0.2) is 23.1 Å². The van der Waals surface area contributed by atoms with Gasteiger partial charge in [-0.2, -0.15) is 17.5 Å². The van der Waals surface area contributed by atoms with Crippen LogP contribution in [0.3, 0.4) is 0 Å². The fraction of sp³-hybridized carbons (Fsp3) is 0.571. The minimum Gasteiger partial charge on any atom is -0.207 e. The maximum absolute atomic E-state index is 13.2. The summed E-state index contributed by atoms with van der Waals surface area (Å²) in [7, 11) is -4.21. The number of rotatable bonds is 2. The lowest BCUT2D eigenvalue weighted by Crippen LogP contribution is -2.44. The quantitative estimate of drug-likeness (QED) is 0.804. The van der Waals surface area contributed by atoms with E-state index in [1.807, 2.05) is 0 Å². The monoisotopic (exact) mass is 353 g/mol. The molecule has 3 nitrogen and oxygen atoms in total. The van der Waals surface area contributed by atoms with Crippen molar-refractivity contribution in [3.8, 4) is 0 Å². The van der Waals surface area contributed by atoms with Gasteiger partial charge in [0.05, 0.1) is 10.5 Å². The molecule has 8 heteroatoms. The van der Waals surface area contributed by atoms with Crippen LogP contribution in [0.5, 0.6) is 0 Å². The SMILES string of the molecule is O=S(=O)(c1cc(Cl)ccc1C(F)(F)F)N1C2CCCC1CC2. The highest BCUT2D eigenvalue weighted by Gasteiger charge is 2.47. The number of hydrogen-bond donors (Lipinski definition) is 0. The largest absolute Gasteiger partial charge is 0.417 e. The fourth-order valence-corrected chi connectivity index (χ4v) is 5.93. The van der Waals surface area contributed by atoms with Gasteiger partial charge < -0.3 is 0 Å². The lowest BCUT2D eigenvalue weighted by atomic mass is 10.1. The van der Waals surface area contributed by atoms with E-state index in [-0.39, 0.29) is 17.1 Å². The van der Waals surface area contributed by atoms with E-state index in [2.05, 4.69) is 0 Å². The molecule has 0 radical (unpaired) electrons. The molecule has 3 rings (SSSR count). The Bertz CT molecular complexity index is 674. The molecule has 0 aromatic heterocycles. The van der Waals surface area contributed by atoms with Gasteiger partial charge in [0.15, 0.2) is 0 Å². The predicted octanol–water partition coefficient (Wildman–Crippen LogP) is 4.06. The molecule has 2 fully saturated rings. The maximum atomic E-state index is 13.2. The summed E-state index contributed by atoms with van der Waals surface area (Å²) >= 11 is 5.75. The molecular weight excluding hydrogens is 339 g/mol. The maximum Gasteiger partial charge on any atom is 0.417 e. The molecule has 0 aliphatic carbocycles. The Morgan fingerprint density at radius 1 is 1.09 bits per heavy atom. The summed E-state index contributed by atoms with van der Waals surface area (Å²) in [5, 5.41) is -0.0177. The Morgan fingerprint density at radius 2 is 1.68 bits per heavy atom. The zero-order chi connectivity index (χ0) is 16.1. The van der Waals surface area contributed by atoms with E-state index in [1.165, 1.54) is 4.31 Å². The molecule has 2 bridgehead atoms. The minimum absolute atomic E-state index is 0.0177. The van der Waals surface area contributed by atoms with Crippen LogP contribution in [0.2, 0.25) is 5.02 Å². The second-order valence-corrected chi connectivity index (χ2v) is 8.04. The van der Waals surface area contributed by atoms with Crippen LogP contribution in [0.1, 0.15) is 37.7 Å². The normalized spacial score (nSPS) is 26.4. The van der Waals surface area contributed by atoms with E-state index in [9.17, 15) is 21.6 Å². The van der Waals surface area contributed by atoms with Gasteiger partial charge in [0.1, 0.15) is 0 Å². The second-order valence-electron chi connectivity index (χ2n) is 5.79. The van der Waals surface area contributed by atoms with Crippen LogP contribution in [-0.4, -0.2) is 24.8 Å². The van der Waals surface area contributed by atoms with Gasteiger partial charge in [-0.05, 0) is 43.9 Å². The predicted molar refractivity (Wildman–Crippen MR) is 76.1 cm³/mol. The number of sulfonamides is 1. The number of nitrogens with zero attached hydrogens (tertiary/aromatic N) is 1. The Labute approximate surface area is 132 Å². The zero-order valence-corrected chi connectivity index (χ0v) is 13.2. The van der Waals surface area contributed by atoms with Gasteiger partial charge in [-0.1, -0.05) is 18.0 Å². The molecule has 2 saturated heterocycles. The second kappa shape index (κ2) is 5.39. The van der Waals surface area contributed by atoms with Gasteiger partial charge in [-0.25, -0.2) is 8.42 Å². The Hall–Kier alpha value is -0.790. The molecule has 1 aromatic rings. The van der Waals surface area contributed by atoms with Gasteiger partial charge in [0, 0.05) is 17.1 Å². The lowest BCUT2D eigenvalue weighted by Gasteiger charge is -2.34. The van der Waals surface area contributed by atoms with E-state index in [4.69, 9.17) is 11.6 Å². The molecule has 2 unspecified atom stereocenters. The average Bonchev–Trinajstić information content (AvgIpc) is 2.69. The van der Waals surface area contributed by atoms with Crippen LogP contribution in [0.25, 0.3) is 0 Å². The number of fused-ring (bicyclic) bond motifs is 2. The van der Waals surface area contributed by atoms with E-state index < -0.39 is 26.7 Å². The average molecular weight is 354 g/mol. The van der Waals surface area contributed by atoms with Gasteiger partial charge in [-0.3, -0.25) is 0 Å². The molecule has 22 heavy (non-hydrogen) atoms. The van der Waals surface area contributed by atoms with Gasteiger partial charge in [0.2, 0.25) is 10.0 Å². The van der Waals surface area contributed by atoms with Crippen LogP contribution in [-0.2, 0) is 16.2 Å². The van der Waals surface area contributed by atoms with Crippen LogP contribution < -0.4 is 0 Å². The van der Waals surface area contributed by atoms with Crippen molar-refractivity contribution < 1.29 is 21.6 Å². The van der Waals surface area contributed by atoms with Crippen molar-refractivity contribution in [3.63, 3.8) is 0 Å². The number of alkyl halides is 3. The molecule has 2 heterocycles. The van der Waals surface area contributed by atoms with Crippen LogP contribution >= 0.6 is 11.6 Å². The summed E-state index contributed by atoms with van der Waals surface area (Å²) in [6.45, 7) is 0. The first-order chi connectivity index (χ1) is 10.2. The highest BCUT2D eigenvalue weighted by molar-refractivity contribution is 7.89. The van der Waals surface area contributed by atoms with Crippen molar-refractivity contribution in [2.45, 2.75) is 55.3 Å². The summed E-state index contributed by atoms with van der Waals surface area (Å²) in [5.74, 6) is 0. The van der Waals surface area contributed by atoms with Gasteiger partial charge >= 0.3 is 6.18 Å². The minimum atomic E-state index is -4.73. The van der Waals surface area contributed by atoms with Gasteiger partial charge in [-0.15, -0.1) is 0 Å². The topological polar surface area (TPSA) is 37.4 Å². The summed E-state index contributed by atoms with van der Waals surface area (Å²) in [6.07, 6.45) is -0.974. The molecule has 2 aliphatic rings. The highest BCUT2D eigenvalue weighted by Crippen LogP contribution is 2.43. The molecule has 1 aromatic carbocycles. The molecule has 0 N–H and O–H groups in total. The van der Waals surface area contributed by atoms with Crippen molar-refractivity contribution in [2.75, 3.05) is 0 Å². The highest BCUT2D eigenvalue weighted by atomic mass is 35.5. The number of halogens is 4. The summed E-state index contributed by atoms with van der Waals surface area (Å²) in [6, 6.07) is 2.33. The summed E-state index contributed by atoms with van der Waals surface area (Å²) < 4.78 is 66.4. The number of benzene rings is 1. The van der Waals surface area contributed by atoms with Crippen molar-refractivity contribution in [1.29, 1.82) is 0 Å². The van der Waals surface area contributed by atoms with Crippen molar-refractivity contribution in [1.82, 2.24) is 4.31 Å². The first kappa shape index (κ1) is 16.1. The van der Waals surface area contributed by atoms with E-state index in [1.54, 1.807) is 0 Å². The van der Waals surface area contributed by atoms with Crippen molar-refractivity contribution in [3.05, 3.63) is 28.8 Å². The Balaban J connectivity index is 2.12. The lowest BCUT2D eigenvalue weighted by molar-refractivity contribution is -0.139. The van der Waals surface area contributed by atoms with E-state index in [0.29, 0.717) is 25.7 Å². The Kier molecular flexibility index (Phi) is 3.94. The van der Waals surface area contributed by atoms with E-state index in [0.717, 1.165) is 24.6 Å². The standard InChI is InChI=1S/C14H15ClF3NO2S/c15-9-4-7-12(14(16,17)18)13(8-9)22(20,21)19-10-2-1-3-11(19)6-5-10/h4,7-8,10-11H,1-3,5-6H2. The summed E-state index contributed by atoms with van der Waals surface area (Å²) in [5.41, 5.74) is -1.15. The molecule has 2 aliphatic heterocycles. The Morgan fingerprint density at radius 3 is 2.23 bits per heavy atom. The number of piperidine rings is 1. The summed E-state index contributed by atoms with van der Waals surface area (Å²) in [4.78, 5) is -0.730. The van der Waals surface area contributed by atoms with Crippen LogP contribution in [0.4, 0.5) is 13.2 Å². The fourth-order valence-electron chi connectivity index (χ4n) is 3.52. The van der Waals surface area contributed by atoms with Crippen molar-refractivity contribution >= 4 is 21.6 Å². The molecule has 0 saturated carbocycles. The first-order valence-electron chi connectivity index (χ1n) is 7.11. The molecule has 2 atom stereocenters. The third-order valence-corrected chi connectivity index (χ3v) is 6.71. The zero-order valence-electron chi connectivity index (χ0n) is 11.6. The van der Waals surface area contributed by atoms with Gasteiger partial charge in [0.25, 0.3) is 0 Å². The van der Waals surface area contributed by atoms with E-state index >= 15 is 0 Å². The molecule has 122 valence electrons. The van der Waals surface area contributed by atoms with Crippen molar-refractivity contribution in [2.24, 2.45) is 0 Å². The number of hydrogen-bond acceptors (Lipinski definition) is 2. The third kappa shape index (κ3) is 2.63. The molecule has 0 spiro atoms.